The minimum absolute atomic E-state index is 0.174. The minimum Gasteiger partial charge on any atom is -0.207 e. The van der Waals surface area contributed by atoms with Gasteiger partial charge in [0.25, 0.3) is 0 Å². The summed E-state index contributed by atoms with van der Waals surface area (Å²) in [5, 5.41) is 0. The van der Waals surface area contributed by atoms with Gasteiger partial charge >= 0.3 is 0 Å². The van der Waals surface area contributed by atoms with Crippen LogP contribution in [0.4, 0.5) is 4.39 Å². The number of allylic oxidation sites excluding steroid dienone is 1. The Morgan fingerprint density at radius 1 is 0.625 bits per heavy atom. The monoisotopic (exact) mass is 314 g/mol. The average Bonchev–Trinajstić information content (AvgIpc) is 3.36. The molecule has 0 saturated heterocycles. The second kappa shape index (κ2) is 6.45. The highest BCUT2D eigenvalue weighted by atomic mass is 19.1. The van der Waals surface area contributed by atoms with Crippen LogP contribution in [0.25, 0.3) is 6.08 Å². The molecule has 118 valence electrons. The summed E-state index contributed by atoms with van der Waals surface area (Å²) in [6, 6.07) is 28.0. The molecule has 0 spiro atoms. The molecule has 3 aromatic rings. The molecule has 0 aliphatic heterocycles. The maximum atomic E-state index is 13.2. The summed E-state index contributed by atoms with van der Waals surface area (Å²) in [7, 11) is 0. The minimum atomic E-state index is -0.174. The fourth-order valence-electron chi connectivity index (χ4n) is 3.58. The van der Waals surface area contributed by atoms with Crippen molar-refractivity contribution in [3.05, 3.63) is 114 Å². The molecule has 4 rings (SSSR count). The molecule has 24 heavy (non-hydrogen) atoms. The standard InChI is InChI=1S/C23H19F/c24-20-14-12-19(13-15-20)23-21(16-11-17-7-3-1-4-8-17)22(23)18-9-5-2-6-10-18/h1-16,21-23H/b16-11+/t21-,22-,23-/m0/s1. The Hall–Kier alpha value is -2.67. The molecular formula is C23H19F. The van der Waals surface area contributed by atoms with Gasteiger partial charge in [0.15, 0.2) is 0 Å². The van der Waals surface area contributed by atoms with Crippen molar-refractivity contribution in [2.45, 2.75) is 11.8 Å². The summed E-state index contributed by atoms with van der Waals surface area (Å²) in [5.41, 5.74) is 3.79. The molecule has 0 heterocycles. The third kappa shape index (κ3) is 3.03. The van der Waals surface area contributed by atoms with Crippen molar-refractivity contribution in [1.29, 1.82) is 0 Å². The van der Waals surface area contributed by atoms with E-state index in [2.05, 4.69) is 60.7 Å². The van der Waals surface area contributed by atoms with E-state index in [0.29, 0.717) is 17.8 Å². The van der Waals surface area contributed by atoms with Gasteiger partial charge in [-0.15, -0.1) is 0 Å². The lowest BCUT2D eigenvalue weighted by Gasteiger charge is -2.00. The fourth-order valence-corrected chi connectivity index (χ4v) is 3.58. The van der Waals surface area contributed by atoms with Gasteiger partial charge in [-0.25, -0.2) is 4.39 Å². The Kier molecular flexibility index (Phi) is 4.00. The summed E-state index contributed by atoms with van der Waals surface area (Å²) in [5.74, 6) is 1.18. The van der Waals surface area contributed by atoms with Crippen molar-refractivity contribution in [3.63, 3.8) is 0 Å². The topological polar surface area (TPSA) is 0 Å². The Bertz CT molecular complexity index is 819. The molecule has 0 amide bonds. The van der Waals surface area contributed by atoms with E-state index >= 15 is 0 Å². The zero-order valence-corrected chi connectivity index (χ0v) is 13.3. The Balaban J connectivity index is 1.62. The van der Waals surface area contributed by atoms with E-state index in [1.807, 2.05) is 24.3 Å². The molecule has 0 N–H and O–H groups in total. The lowest BCUT2D eigenvalue weighted by molar-refractivity contribution is 0.627. The number of rotatable bonds is 4. The second-order valence-corrected chi connectivity index (χ2v) is 6.36. The van der Waals surface area contributed by atoms with E-state index in [-0.39, 0.29) is 5.82 Å². The van der Waals surface area contributed by atoms with Crippen LogP contribution in [0.5, 0.6) is 0 Å². The molecule has 0 nitrogen and oxygen atoms in total. The number of hydrogen-bond acceptors (Lipinski definition) is 0. The summed E-state index contributed by atoms with van der Waals surface area (Å²) < 4.78 is 13.2. The van der Waals surface area contributed by atoms with Crippen LogP contribution >= 0.6 is 0 Å². The Labute approximate surface area is 142 Å². The van der Waals surface area contributed by atoms with E-state index in [1.54, 1.807) is 12.1 Å². The highest BCUT2D eigenvalue weighted by molar-refractivity contribution is 5.53. The predicted octanol–water partition coefficient (Wildman–Crippen LogP) is 6.04. The SMILES string of the molecule is Fc1ccc([C@H]2[C@@H](/C=C/c3ccccc3)[C@@H]2c2ccccc2)cc1. The van der Waals surface area contributed by atoms with Crippen molar-refractivity contribution in [3.8, 4) is 0 Å². The van der Waals surface area contributed by atoms with Gasteiger partial charge in [0.2, 0.25) is 0 Å². The van der Waals surface area contributed by atoms with Crippen LogP contribution in [0.1, 0.15) is 28.5 Å². The van der Waals surface area contributed by atoms with Crippen molar-refractivity contribution in [2.24, 2.45) is 5.92 Å². The molecule has 1 heteroatoms. The molecule has 1 fully saturated rings. The van der Waals surface area contributed by atoms with Gasteiger partial charge in [0, 0.05) is 0 Å². The molecule has 0 unspecified atom stereocenters. The summed E-state index contributed by atoms with van der Waals surface area (Å²) >= 11 is 0. The smallest absolute Gasteiger partial charge is 0.123 e. The van der Waals surface area contributed by atoms with Crippen LogP contribution in [0.2, 0.25) is 0 Å². The van der Waals surface area contributed by atoms with Crippen LogP contribution in [0.15, 0.2) is 91.0 Å². The lowest BCUT2D eigenvalue weighted by Crippen LogP contribution is -1.84. The van der Waals surface area contributed by atoms with Gasteiger partial charge in [-0.2, -0.15) is 0 Å². The number of halogens is 1. The van der Waals surface area contributed by atoms with E-state index in [9.17, 15) is 4.39 Å². The molecule has 1 aliphatic carbocycles. The van der Waals surface area contributed by atoms with Crippen molar-refractivity contribution in [2.75, 3.05) is 0 Å². The summed E-state index contributed by atoms with van der Waals surface area (Å²) in [4.78, 5) is 0. The van der Waals surface area contributed by atoms with Gasteiger partial charge in [-0.3, -0.25) is 0 Å². The first-order chi connectivity index (χ1) is 11.8. The predicted molar refractivity (Wildman–Crippen MR) is 97.3 cm³/mol. The van der Waals surface area contributed by atoms with E-state index in [0.717, 1.165) is 0 Å². The Morgan fingerprint density at radius 2 is 1.17 bits per heavy atom. The Morgan fingerprint density at radius 3 is 1.79 bits per heavy atom. The molecule has 0 aromatic heterocycles. The van der Waals surface area contributed by atoms with E-state index in [1.165, 1.54) is 16.7 Å². The van der Waals surface area contributed by atoms with Crippen LogP contribution in [-0.2, 0) is 0 Å². The first kappa shape index (κ1) is 14.9. The molecule has 0 radical (unpaired) electrons. The van der Waals surface area contributed by atoms with E-state index in [4.69, 9.17) is 0 Å². The van der Waals surface area contributed by atoms with Crippen molar-refractivity contribution < 1.29 is 4.39 Å². The van der Waals surface area contributed by atoms with Gasteiger partial charge in [0.1, 0.15) is 5.82 Å². The molecular weight excluding hydrogens is 295 g/mol. The third-order valence-corrected chi connectivity index (χ3v) is 4.83. The van der Waals surface area contributed by atoms with Gasteiger partial charge in [-0.1, -0.05) is 84.9 Å². The van der Waals surface area contributed by atoms with Crippen LogP contribution in [-0.4, -0.2) is 0 Å². The van der Waals surface area contributed by atoms with Crippen LogP contribution < -0.4 is 0 Å². The zero-order chi connectivity index (χ0) is 16.4. The van der Waals surface area contributed by atoms with Gasteiger partial charge < -0.3 is 0 Å². The quantitative estimate of drug-likeness (QED) is 0.551. The summed E-state index contributed by atoms with van der Waals surface area (Å²) in [6.45, 7) is 0. The van der Waals surface area contributed by atoms with Gasteiger partial charge in [0.05, 0.1) is 0 Å². The molecule has 1 saturated carbocycles. The molecule has 3 atom stereocenters. The lowest BCUT2D eigenvalue weighted by atomic mass is 10.0. The van der Waals surface area contributed by atoms with Crippen molar-refractivity contribution >= 4 is 6.08 Å². The molecule has 0 bridgehead atoms. The van der Waals surface area contributed by atoms with E-state index < -0.39 is 0 Å². The number of benzene rings is 3. The normalized spacial score (nSPS) is 22.6. The number of hydrogen-bond donors (Lipinski definition) is 0. The first-order valence-electron chi connectivity index (χ1n) is 8.36. The summed E-state index contributed by atoms with van der Waals surface area (Å²) in [6.07, 6.45) is 4.51. The van der Waals surface area contributed by atoms with Gasteiger partial charge in [-0.05, 0) is 46.6 Å². The average molecular weight is 314 g/mol. The highest BCUT2D eigenvalue weighted by Crippen LogP contribution is 2.61. The molecule has 3 aromatic carbocycles. The maximum absolute atomic E-state index is 13.2. The van der Waals surface area contributed by atoms with Crippen LogP contribution in [0.3, 0.4) is 0 Å². The largest absolute Gasteiger partial charge is 0.207 e. The first-order valence-corrected chi connectivity index (χ1v) is 8.36. The zero-order valence-electron chi connectivity index (χ0n) is 13.3. The van der Waals surface area contributed by atoms with Crippen molar-refractivity contribution in [1.82, 2.24) is 0 Å². The second-order valence-electron chi connectivity index (χ2n) is 6.36. The maximum Gasteiger partial charge on any atom is 0.123 e. The molecule has 1 aliphatic rings. The fraction of sp³-hybridized carbons (Fsp3) is 0.130. The third-order valence-electron chi connectivity index (χ3n) is 4.83. The van der Waals surface area contributed by atoms with Crippen LogP contribution in [0, 0.1) is 11.7 Å². The highest BCUT2D eigenvalue weighted by Gasteiger charge is 2.49.